The largest absolute Gasteiger partial charge is 0.480 e. The maximum Gasteiger partial charge on any atom is 0.328 e. The van der Waals surface area contributed by atoms with Crippen LogP contribution in [0.4, 0.5) is 0 Å². The molecular weight excluding hydrogens is 286 g/mol. The lowest BCUT2D eigenvalue weighted by Gasteiger charge is -2.10. The molecule has 6 heteroatoms. The number of halogens is 1. The molecule has 2 aromatic rings. The lowest BCUT2D eigenvalue weighted by atomic mass is 10.1. The predicted molar refractivity (Wildman–Crippen MR) is 65.5 cm³/mol. The quantitative estimate of drug-likeness (QED) is 0.944. The molecule has 1 aromatic carbocycles. The minimum Gasteiger partial charge on any atom is -0.480 e. The molecule has 17 heavy (non-hydrogen) atoms. The first kappa shape index (κ1) is 11.8. The van der Waals surface area contributed by atoms with Crippen molar-refractivity contribution in [3.63, 3.8) is 0 Å². The van der Waals surface area contributed by atoms with Crippen molar-refractivity contribution in [3.05, 3.63) is 34.9 Å². The van der Waals surface area contributed by atoms with Crippen LogP contribution < -0.4 is 0 Å². The molecule has 1 heterocycles. The van der Waals surface area contributed by atoms with Gasteiger partial charge in [-0.25, -0.2) is 9.48 Å². The fraction of sp³-hybridized carbons (Fsp3) is 0.182. The van der Waals surface area contributed by atoms with E-state index in [1.54, 1.807) is 13.1 Å². The number of hydrogen-bond acceptors (Lipinski definition) is 3. The Kier molecular flexibility index (Phi) is 3.23. The number of aromatic nitrogens is 3. The maximum absolute atomic E-state index is 10.9. The zero-order valence-corrected chi connectivity index (χ0v) is 10.6. The summed E-state index contributed by atoms with van der Waals surface area (Å²) >= 11 is 3.35. The first-order chi connectivity index (χ1) is 8.09. The first-order valence-electron chi connectivity index (χ1n) is 4.98. The highest BCUT2D eigenvalue weighted by atomic mass is 79.9. The van der Waals surface area contributed by atoms with Crippen LogP contribution in [0, 0.1) is 0 Å². The molecule has 1 atom stereocenters. The van der Waals surface area contributed by atoms with Crippen LogP contribution in [0.1, 0.15) is 13.0 Å². The fourth-order valence-electron chi connectivity index (χ4n) is 1.46. The summed E-state index contributed by atoms with van der Waals surface area (Å²) in [5, 5.41) is 16.5. The van der Waals surface area contributed by atoms with Gasteiger partial charge in [0.2, 0.25) is 0 Å². The zero-order chi connectivity index (χ0) is 12.4. The monoisotopic (exact) mass is 295 g/mol. The second-order valence-electron chi connectivity index (χ2n) is 3.58. The number of nitrogens with zero attached hydrogens (tertiary/aromatic N) is 3. The van der Waals surface area contributed by atoms with Gasteiger partial charge in [0.15, 0.2) is 0 Å². The molecule has 1 N–H and O–H groups in total. The van der Waals surface area contributed by atoms with Crippen molar-refractivity contribution in [2.24, 2.45) is 0 Å². The van der Waals surface area contributed by atoms with Crippen LogP contribution in [-0.4, -0.2) is 26.1 Å². The Morgan fingerprint density at radius 3 is 2.65 bits per heavy atom. The van der Waals surface area contributed by atoms with E-state index in [9.17, 15) is 4.79 Å². The van der Waals surface area contributed by atoms with E-state index < -0.39 is 12.0 Å². The Labute approximate surface area is 106 Å². The zero-order valence-electron chi connectivity index (χ0n) is 9.04. The van der Waals surface area contributed by atoms with Crippen LogP contribution >= 0.6 is 15.9 Å². The van der Waals surface area contributed by atoms with Gasteiger partial charge in [-0.2, -0.15) is 0 Å². The Morgan fingerprint density at radius 1 is 1.41 bits per heavy atom. The molecule has 5 nitrogen and oxygen atoms in total. The molecule has 0 amide bonds. The summed E-state index contributed by atoms with van der Waals surface area (Å²) in [5.74, 6) is -0.936. The van der Waals surface area contributed by atoms with E-state index in [1.807, 2.05) is 24.3 Å². The molecule has 0 bridgehead atoms. The van der Waals surface area contributed by atoms with E-state index >= 15 is 0 Å². The highest BCUT2D eigenvalue weighted by molar-refractivity contribution is 9.10. The van der Waals surface area contributed by atoms with Gasteiger partial charge in [-0.3, -0.25) is 0 Å². The summed E-state index contributed by atoms with van der Waals surface area (Å²) in [6, 6.07) is 6.80. The van der Waals surface area contributed by atoms with E-state index in [2.05, 4.69) is 26.2 Å². The van der Waals surface area contributed by atoms with Crippen LogP contribution in [-0.2, 0) is 4.79 Å². The second kappa shape index (κ2) is 4.67. The molecule has 0 fully saturated rings. The van der Waals surface area contributed by atoms with Gasteiger partial charge in [0.25, 0.3) is 0 Å². The Bertz CT molecular complexity index is 536. The van der Waals surface area contributed by atoms with Crippen LogP contribution in [0.5, 0.6) is 0 Å². The van der Waals surface area contributed by atoms with Crippen molar-refractivity contribution < 1.29 is 9.90 Å². The first-order valence-corrected chi connectivity index (χ1v) is 5.78. The third-order valence-electron chi connectivity index (χ3n) is 2.44. The number of benzene rings is 1. The maximum atomic E-state index is 10.9. The number of hydrogen-bond donors (Lipinski definition) is 1. The molecule has 0 aliphatic rings. The van der Waals surface area contributed by atoms with Gasteiger partial charge in [-0.05, 0) is 19.1 Å². The second-order valence-corrected chi connectivity index (χ2v) is 4.50. The molecule has 0 aliphatic heterocycles. The molecule has 2 rings (SSSR count). The van der Waals surface area contributed by atoms with E-state index in [4.69, 9.17) is 5.11 Å². The van der Waals surface area contributed by atoms with Gasteiger partial charge < -0.3 is 5.11 Å². The van der Waals surface area contributed by atoms with Crippen molar-refractivity contribution in [1.82, 2.24) is 15.0 Å². The Balaban J connectivity index is 2.43. The summed E-state index contributed by atoms with van der Waals surface area (Å²) < 4.78 is 2.36. The third kappa shape index (κ3) is 2.36. The van der Waals surface area contributed by atoms with Gasteiger partial charge >= 0.3 is 5.97 Å². The average molecular weight is 296 g/mol. The molecule has 1 unspecified atom stereocenters. The predicted octanol–water partition coefficient (Wildman–Crippen LogP) is 2.35. The van der Waals surface area contributed by atoms with Crippen LogP contribution in [0.25, 0.3) is 11.3 Å². The molecule has 0 spiro atoms. The van der Waals surface area contributed by atoms with Crippen molar-refractivity contribution in [2.75, 3.05) is 0 Å². The highest BCUT2D eigenvalue weighted by Crippen LogP contribution is 2.23. The third-order valence-corrected chi connectivity index (χ3v) is 2.97. The minimum atomic E-state index is -0.936. The van der Waals surface area contributed by atoms with Gasteiger partial charge in [-0.1, -0.05) is 33.3 Å². The van der Waals surface area contributed by atoms with Crippen molar-refractivity contribution in [2.45, 2.75) is 13.0 Å². The lowest BCUT2D eigenvalue weighted by Crippen LogP contribution is -2.17. The normalized spacial score (nSPS) is 12.4. The Hall–Kier alpha value is -1.69. The smallest absolute Gasteiger partial charge is 0.328 e. The summed E-state index contributed by atoms with van der Waals surface area (Å²) in [6.07, 6.45) is 1.56. The number of carboxylic acid groups (broad SMARTS) is 1. The van der Waals surface area contributed by atoms with Crippen molar-refractivity contribution >= 4 is 21.9 Å². The van der Waals surface area contributed by atoms with Crippen LogP contribution in [0.2, 0.25) is 0 Å². The number of carboxylic acids is 1. The average Bonchev–Trinajstić information content (AvgIpc) is 2.77. The van der Waals surface area contributed by atoms with E-state index in [0.717, 1.165) is 10.0 Å². The fourth-order valence-corrected chi connectivity index (χ4v) is 1.73. The molecule has 0 saturated carbocycles. The summed E-state index contributed by atoms with van der Waals surface area (Å²) in [5.41, 5.74) is 1.57. The molecular formula is C11H10BrN3O2. The molecule has 0 radical (unpaired) electrons. The van der Waals surface area contributed by atoms with Crippen molar-refractivity contribution in [1.29, 1.82) is 0 Å². The number of aliphatic carboxylic acids is 1. The Morgan fingerprint density at radius 2 is 2.06 bits per heavy atom. The summed E-state index contributed by atoms with van der Waals surface area (Å²) in [4.78, 5) is 10.9. The van der Waals surface area contributed by atoms with E-state index in [1.165, 1.54) is 4.68 Å². The molecule has 1 aromatic heterocycles. The number of carbonyl (C=O) groups is 1. The van der Waals surface area contributed by atoms with Gasteiger partial charge in [0, 0.05) is 10.0 Å². The van der Waals surface area contributed by atoms with Crippen LogP contribution in [0.3, 0.4) is 0 Å². The van der Waals surface area contributed by atoms with Gasteiger partial charge in [0.1, 0.15) is 6.04 Å². The van der Waals surface area contributed by atoms with Crippen molar-refractivity contribution in [3.8, 4) is 11.3 Å². The van der Waals surface area contributed by atoms with Gasteiger partial charge in [-0.15, -0.1) is 5.10 Å². The number of rotatable bonds is 3. The van der Waals surface area contributed by atoms with E-state index in [-0.39, 0.29) is 0 Å². The van der Waals surface area contributed by atoms with E-state index in [0.29, 0.717) is 5.69 Å². The minimum absolute atomic E-state index is 0.687. The SMILES string of the molecule is CC(C(=O)O)n1nncc1-c1ccc(Br)cc1. The van der Waals surface area contributed by atoms with Gasteiger partial charge in [0.05, 0.1) is 11.9 Å². The standard InChI is InChI=1S/C11H10BrN3O2/c1-7(11(16)17)15-10(6-13-14-15)8-2-4-9(12)5-3-8/h2-7H,1H3,(H,16,17). The highest BCUT2D eigenvalue weighted by Gasteiger charge is 2.18. The lowest BCUT2D eigenvalue weighted by molar-refractivity contribution is -0.140. The molecule has 0 saturated heterocycles. The topological polar surface area (TPSA) is 68.0 Å². The summed E-state index contributed by atoms with van der Waals surface area (Å²) in [7, 11) is 0. The molecule has 0 aliphatic carbocycles. The van der Waals surface area contributed by atoms with Crippen LogP contribution in [0.15, 0.2) is 34.9 Å². The molecule has 88 valence electrons. The summed E-state index contributed by atoms with van der Waals surface area (Å²) in [6.45, 7) is 1.57.